The maximum atomic E-state index is 13.3. The quantitative estimate of drug-likeness (QED) is 0.274. The number of carbonyl (C=O) groups excluding carboxylic acids is 1. The monoisotopic (exact) mass is 585 g/mol. The average Bonchev–Trinajstić information content (AvgIpc) is 3.33. The van der Waals surface area contributed by atoms with Crippen molar-refractivity contribution in [2.45, 2.75) is 44.0 Å². The van der Waals surface area contributed by atoms with E-state index in [4.69, 9.17) is 21.1 Å². The van der Waals surface area contributed by atoms with Crippen LogP contribution in [0.15, 0.2) is 65.1 Å². The van der Waals surface area contributed by atoms with Crippen LogP contribution in [0.5, 0.6) is 11.5 Å². The van der Waals surface area contributed by atoms with Crippen LogP contribution in [0.1, 0.15) is 36.5 Å². The van der Waals surface area contributed by atoms with Crippen molar-refractivity contribution in [3.05, 3.63) is 97.0 Å². The van der Waals surface area contributed by atoms with Gasteiger partial charge in [0.2, 0.25) is 0 Å². The zero-order valence-electron chi connectivity index (χ0n) is 20.2. The summed E-state index contributed by atoms with van der Waals surface area (Å²) in [5.74, 6) is -0.0765. The molecule has 2 heterocycles. The standard InChI is InChI=1S/C27H25BrClN3O5/c1-3-36-22-13-17(12-20(28)24(22)37-14-16-8-10-18(29)11-9-16)23-15(2)31-27(25(23)32(34)35)19-6-4-5-7-21(19)30-26(27)33/h4-13,15,23,25,31H,3,14H2,1-2H3,(H,30,33)/t15-,23-,25+,27-/m0/s1. The molecule has 2 aliphatic rings. The van der Waals surface area contributed by atoms with Crippen LogP contribution in [0.2, 0.25) is 5.02 Å². The summed E-state index contributed by atoms with van der Waals surface area (Å²) in [4.78, 5) is 25.5. The summed E-state index contributed by atoms with van der Waals surface area (Å²) >= 11 is 9.58. The first-order valence-electron chi connectivity index (χ1n) is 11.9. The Kier molecular flexibility index (Phi) is 6.87. The Morgan fingerprint density at radius 1 is 1.14 bits per heavy atom. The van der Waals surface area contributed by atoms with E-state index < -0.39 is 23.4 Å². The summed E-state index contributed by atoms with van der Waals surface area (Å²) in [5, 5.41) is 19.4. The van der Waals surface area contributed by atoms with Crippen molar-refractivity contribution in [1.29, 1.82) is 0 Å². The molecule has 2 aliphatic heterocycles. The molecule has 1 spiro atoms. The number of nitrogens with one attached hydrogen (secondary N) is 2. The van der Waals surface area contributed by atoms with E-state index in [0.717, 1.165) is 5.56 Å². The molecule has 2 N–H and O–H groups in total. The normalized spacial score (nSPS) is 24.1. The predicted molar refractivity (Wildman–Crippen MR) is 144 cm³/mol. The Labute approximate surface area is 227 Å². The molecule has 0 saturated carbocycles. The minimum absolute atomic E-state index is 0.286. The number of benzene rings is 3. The lowest BCUT2D eigenvalue weighted by molar-refractivity contribution is -0.532. The molecule has 192 valence electrons. The highest BCUT2D eigenvalue weighted by atomic mass is 79.9. The number of carbonyl (C=O) groups is 1. The number of fused-ring (bicyclic) bond motifs is 2. The smallest absolute Gasteiger partial charge is 0.256 e. The van der Waals surface area contributed by atoms with Crippen molar-refractivity contribution in [2.24, 2.45) is 0 Å². The lowest BCUT2D eigenvalue weighted by Crippen LogP contribution is -2.54. The minimum Gasteiger partial charge on any atom is -0.490 e. The first-order valence-corrected chi connectivity index (χ1v) is 13.1. The van der Waals surface area contributed by atoms with E-state index in [0.29, 0.717) is 44.4 Å². The van der Waals surface area contributed by atoms with Crippen LogP contribution in [0.25, 0.3) is 0 Å². The zero-order valence-corrected chi connectivity index (χ0v) is 22.5. The Morgan fingerprint density at radius 2 is 1.86 bits per heavy atom. The molecule has 5 rings (SSSR count). The summed E-state index contributed by atoms with van der Waals surface area (Å²) < 4.78 is 12.6. The Hall–Kier alpha value is -3.14. The summed E-state index contributed by atoms with van der Waals surface area (Å²) in [5.41, 5.74) is 1.29. The van der Waals surface area contributed by atoms with Crippen LogP contribution in [0.3, 0.4) is 0 Å². The van der Waals surface area contributed by atoms with Gasteiger partial charge in [-0.1, -0.05) is 41.9 Å². The highest BCUT2D eigenvalue weighted by Gasteiger charge is 2.67. The van der Waals surface area contributed by atoms with E-state index >= 15 is 0 Å². The number of halogens is 2. The van der Waals surface area contributed by atoms with Crippen LogP contribution < -0.4 is 20.1 Å². The average molecular weight is 587 g/mol. The number of nitrogens with zero attached hydrogens (tertiary/aromatic N) is 1. The molecule has 1 fully saturated rings. The SMILES string of the molecule is CCOc1cc([C@@H]2[C@H](C)N[C@]3(C(=O)Nc4ccccc43)[C@@H]2[N+](=O)[O-])cc(Br)c1OCc1ccc(Cl)cc1. The summed E-state index contributed by atoms with van der Waals surface area (Å²) in [6.45, 7) is 4.39. The molecule has 3 aromatic rings. The van der Waals surface area contributed by atoms with Crippen LogP contribution in [-0.2, 0) is 16.9 Å². The zero-order chi connectivity index (χ0) is 26.3. The van der Waals surface area contributed by atoms with Gasteiger partial charge in [-0.2, -0.15) is 0 Å². The highest BCUT2D eigenvalue weighted by Crippen LogP contribution is 2.51. The molecule has 1 amide bonds. The van der Waals surface area contributed by atoms with Crippen molar-refractivity contribution >= 4 is 39.1 Å². The molecule has 4 atom stereocenters. The molecule has 1 saturated heterocycles. The first kappa shape index (κ1) is 25.5. The number of anilines is 1. The molecule has 37 heavy (non-hydrogen) atoms. The van der Waals surface area contributed by atoms with Gasteiger partial charge in [-0.3, -0.25) is 20.2 Å². The number of amides is 1. The van der Waals surface area contributed by atoms with Gasteiger partial charge in [-0.25, -0.2) is 0 Å². The van der Waals surface area contributed by atoms with Crippen LogP contribution in [-0.4, -0.2) is 29.5 Å². The summed E-state index contributed by atoms with van der Waals surface area (Å²) in [7, 11) is 0. The number of para-hydroxylation sites is 1. The molecule has 3 aromatic carbocycles. The fourth-order valence-corrected chi connectivity index (χ4v) is 6.17. The molecular weight excluding hydrogens is 562 g/mol. The second kappa shape index (κ2) is 9.96. The Bertz CT molecular complexity index is 1370. The minimum atomic E-state index is -1.48. The molecule has 0 unspecified atom stereocenters. The largest absolute Gasteiger partial charge is 0.490 e. The summed E-state index contributed by atoms with van der Waals surface area (Å²) in [6, 6.07) is 16.4. The number of nitro groups is 1. The van der Waals surface area contributed by atoms with Gasteiger partial charge >= 0.3 is 0 Å². The molecule has 0 radical (unpaired) electrons. The third-order valence-corrected chi connectivity index (χ3v) is 7.82. The van der Waals surface area contributed by atoms with Gasteiger partial charge in [0.1, 0.15) is 6.61 Å². The molecular formula is C27H25BrClN3O5. The van der Waals surface area contributed by atoms with Gasteiger partial charge in [0.05, 0.1) is 17.0 Å². The molecule has 0 aliphatic carbocycles. The maximum absolute atomic E-state index is 13.3. The number of rotatable bonds is 7. The second-order valence-corrected chi connectivity index (χ2v) is 10.5. The lowest BCUT2D eigenvalue weighted by Gasteiger charge is -2.26. The second-order valence-electron chi connectivity index (χ2n) is 9.17. The van der Waals surface area contributed by atoms with Crippen molar-refractivity contribution in [2.75, 3.05) is 11.9 Å². The number of hydrogen-bond donors (Lipinski definition) is 2. The first-order chi connectivity index (χ1) is 17.8. The number of hydrogen-bond acceptors (Lipinski definition) is 6. The van der Waals surface area contributed by atoms with Gasteiger partial charge in [-0.05, 0) is 71.2 Å². The molecule has 10 heteroatoms. The van der Waals surface area contributed by atoms with Gasteiger partial charge < -0.3 is 14.8 Å². The van der Waals surface area contributed by atoms with E-state index in [1.165, 1.54) is 0 Å². The third-order valence-electron chi connectivity index (χ3n) is 6.98. The van der Waals surface area contributed by atoms with Crippen LogP contribution in [0.4, 0.5) is 5.69 Å². The van der Waals surface area contributed by atoms with Crippen LogP contribution in [0, 0.1) is 10.1 Å². The Morgan fingerprint density at radius 3 is 2.57 bits per heavy atom. The highest BCUT2D eigenvalue weighted by molar-refractivity contribution is 9.10. The maximum Gasteiger partial charge on any atom is 0.256 e. The van der Waals surface area contributed by atoms with Gasteiger partial charge in [0.15, 0.2) is 17.0 Å². The predicted octanol–water partition coefficient (Wildman–Crippen LogP) is 5.65. The van der Waals surface area contributed by atoms with Crippen molar-refractivity contribution < 1.29 is 19.2 Å². The molecule has 0 aromatic heterocycles. The van der Waals surface area contributed by atoms with Crippen molar-refractivity contribution in [1.82, 2.24) is 5.32 Å². The van der Waals surface area contributed by atoms with Gasteiger partial charge in [-0.15, -0.1) is 0 Å². The van der Waals surface area contributed by atoms with Gasteiger partial charge in [0.25, 0.3) is 11.9 Å². The van der Waals surface area contributed by atoms with Crippen molar-refractivity contribution in [3.63, 3.8) is 0 Å². The van der Waals surface area contributed by atoms with Crippen molar-refractivity contribution in [3.8, 4) is 11.5 Å². The fraction of sp³-hybridized carbons (Fsp3) is 0.296. The lowest BCUT2D eigenvalue weighted by atomic mass is 9.78. The van der Waals surface area contributed by atoms with E-state index in [1.54, 1.807) is 42.5 Å². The topological polar surface area (TPSA) is 103 Å². The van der Waals surface area contributed by atoms with Gasteiger partial charge in [0, 0.05) is 27.2 Å². The molecule has 0 bridgehead atoms. The van der Waals surface area contributed by atoms with E-state index in [1.807, 2.05) is 32.0 Å². The van der Waals surface area contributed by atoms with E-state index in [9.17, 15) is 14.9 Å². The van der Waals surface area contributed by atoms with E-state index in [2.05, 4.69) is 26.6 Å². The Balaban J connectivity index is 1.54. The summed E-state index contributed by atoms with van der Waals surface area (Å²) in [6.07, 6.45) is 0. The third kappa shape index (κ3) is 4.35. The van der Waals surface area contributed by atoms with Crippen LogP contribution >= 0.6 is 27.5 Å². The number of ether oxygens (including phenoxy) is 2. The fourth-order valence-electron chi connectivity index (χ4n) is 5.47. The van der Waals surface area contributed by atoms with E-state index in [-0.39, 0.29) is 17.6 Å². The molecule has 8 nitrogen and oxygen atoms in total.